The van der Waals surface area contributed by atoms with Gasteiger partial charge in [0.15, 0.2) is 0 Å². The number of nitrogens with two attached hydrogens (primary N) is 1. The van der Waals surface area contributed by atoms with E-state index < -0.39 is 5.82 Å². The van der Waals surface area contributed by atoms with Crippen molar-refractivity contribution < 1.29 is 9.18 Å². The van der Waals surface area contributed by atoms with Crippen LogP contribution in [0.4, 0.5) is 10.1 Å². The van der Waals surface area contributed by atoms with E-state index in [1.165, 1.54) is 12.1 Å². The van der Waals surface area contributed by atoms with E-state index in [1.54, 1.807) is 18.9 Å². The summed E-state index contributed by atoms with van der Waals surface area (Å²) in [5.41, 5.74) is 6.53. The molecule has 2 rings (SSSR count). The zero-order valence-corrected chi connectivity index (χ0v) is 9.46. The molecule has 0 aliphatic heterocycles. The second-order valence-electron chi connectivity index (χ2n) is 4.35. The van der Waals surface area contributed by atoms with Gasteiger partial charge in [0.1, 0.15) is 5.82 Å². The lowest BCUT2D eigenvalue weighted by Crippen LogP contribution is -2.29. The van der Waals surface area contributed by atoms with Crippen LogP contribution in [0.5, 0.6) is 0 Å². The molecule has 1 amide bonds. The number of hydrogen-bond acceptors (Lipinski definition) is 2. The largest absolute Gasteiger partial charge is 0.399 e. The highest BCUT2D eigenvalue weighted by molar-refractivity contribution is 5.95. The average Bonchev–Trinajstić information content (AvgIpc) is 3.05. The van der Waals surface area contributed by atoms with Crippen molar-refractivity contribution in [1.82, 2.24) is 4.90 Å². The van der Waals surface area contributed by atoms with Crippen LogP contribution in [0.1, 0.15) is 28.8 Å². The van der Waals surface area contributed by atoms with E-state index in [9.17, 15) is 9.18 Å². The molecule has 4 heteroatoms. The molecule has 0 atom stereocenters. The monoisotopic (exact) mass is 222 g/mol. The zero-order valence-electron chi connectivity index (χ0n) is 9.46. The molecule has 2 N–H and O–H groups in total. The Morgan fingerprint density at radius 1 is 1.50 bits per heavy atom. The predicted octanol–water partition coefficient (Wildman–Crippen LogP) is 1.95. The third-order valence-corrected chi connectivity index (χ3v) is 2.92. The van der Waals surface area contributed by atoms with Crippen molar-refractivity contribution in [2.24, 2.45) is 0 Å². The lowest BCUT2D eigenvalue weighted by molar-refractivity contribution is 0.0780. The van der Waals surface area contributed by atoms with E-state index >= 15 is 0 Å². The molecule has 16 heavy (non-hydrogen) atoms. The third kappa shape index (κ3) is 1.87. The lowest BCUT2D eigenvalue weighted by atomic mass is 10.1. The highest BCUT2D eigenvalue weighted by Gasteiger charge is 2.31. The number of carbonyl (C=O) groups is 1. The summed E-state index contributed by atoms with van der Waals surface area (Å²) in [6.45, 7) is 1.61. The van der Waals surface area contributed by atoms with Crippen LogP contribution < -0.4 is 5.73 Å². The Bertz CT molecular complexity index is 441. The minimum atomic E-state index is -0.466. The number of anilines is 1. The van der Waals surface area contributed by atoms with Gasteiger partial charge in [-0.3, -0.25) is 4.79 Å². The van der Waals surface area contributed by atoms with Crippen molar-refractivity contribution in [3.05, 3.63) is 29.1 Å². The van der Waals surface area contributed by atoms with Crippen molar-refractivity contribution in [3.8, 4) is 0 Å². The molecule has 0 heterocycles. The third-order valence-electron chi connectivity index (χ3n) is 2.92. The Kier molecular flexibility index (Phi) is 2.58. The topological polar surface area (TPSA) is 46.3 Å². The van der Waals surface area contributed by atoms with E-state index in [0.29, 0.717) is 11.3 Å². The van der Waals surface area contributed by atoms with Crippen LogP contribution in [0.15, 0.2) is 12.1 Å². The van der Waals surface area contributed by atoms with Gasteiger partial charge in [-0.2, -0.15) is 0 Å². The summed E-state index contributed by atoms with van der Waals surface area (Å²) in [4.78, 5) is 13.6. The Balaban J connectivity index is 2.35. The Morgan fingerprint density at radius 2 is 2.12 bits per heavy atom. The van der Waals surface area contributed by atoms with Gasteiger partial charge in [0.25, 0.3) is 5.91 Å². The molecule has 0 spiro atoms. The molecule has 0 bridgehead atoms. The highest BCUT2D eigenvalue weighted by atomic mass is 19.1. The number of aryl methyl sites for hydroxylation is 1. The second kappa shape index (κ2) is 3.77. The van der Waals surface area contributed by atoms with Crippen LogP contribution in [-0.2, 0) is 0 Å². The summed E-state index contributed by atoms with van der Waals surface area (Å²) in [6.07, 6.45) is 2.01. The SMILES string of the molecule is Cc1cc(N)cc(C(=O)N(C)C2CC2)c1F. The van der Waals surface area contributed by atoms with Gasteiger partial charge in [-0.15, -0.1) is 0 Å². The van der Waals surface area contributed by atoms with Gasteiger partial charge in [-0.25, -0.2) is 4.39 Å². The predicted molar refractivity (Wildman–Crippen MR) is 60.7 cm³/mol. The number of nitrogen functional groups attached to an aromatic ring is 1. The van der Waals surface area contributed by atoms with Gasteiger partial charge in [0.05, 0.1) is 5.56 Å². The van der Waals surface area contributed by atoms with E-state index in [4.69, 9.17) is 5.73 Å². The van der Waals surface area contributed by atoms with Gasteiger partial charge < -0.3 is 10.6 Å². The number of benzene rings is 1. The number of hydrogen-bond donors (Lipinski definition) is 1. The Labute approximate surface area is 94.0 Å². The average molecular weight is 222 g/mol. The van der Waals surface area contributed by atoms with E-state index in [1.807, 2.05) is 0 Å². The fourth-order valence-electron chi connectivity index (χ4n) is 1.77. The van der Waals surface area contributed by atoms with Crippen molar-refractivity contribution >= 4 is 11.6 Å². The van der Waals surface area contributed by atoms with Crippen LogP contribution >= 0.6 is 0 Å². The molecular weight excluding hydrogens is 207 g/mol. The molecule has 0 radical (unpaired) electrons. The number of carbonyl (C=O) groups excluding carboxylic acids is 1. The van der Waals surface area contributed by atoms with Crippen LogP contribution in [0, 0.1) is 12.7 Å². The molecule has 1 aliphatic rings. The molecular formula is C12H15FN2O. The van der Waals surface area contributed by atoms with E-state index in [0.717, 1.165) is 12.8 Å². The first-order chi connectivity index (χ1) is 7.50. The van der Waals surface area contributed by atoms with E-state index in [-0.39, 0.29) is 17.5 Å². The van der Waals surface area contributed by atoms with Gasteiger partial charge in [-0.05, 0) is 37.5 Å². The molecule has 0 unspecified atom stereocenters. The van der Waals surface area contributed by atoms with Crippen molar-refractivity contribution in [2.45, 2.75) is 25.8 Å². The number of rotatable bonds is 2. The first-order valence-electron chi connectivity index (χ1n) is 5.33. The van der Waals surface area contributed by atoms with Crippen LogP contribution in [0.2, 0.25) is 0 Å². The normalized spacial score (nSPS) is 14.9. The van der Waals surface area contributed by atoms with Crippen LogP contribution in [0.3, 0.4) is 0 Å². The molecule has 1 fully saturated rings. The fourth-order valence-corrected chi connectivity index (χ4v) is 1.77. The van der Waals surface area contributed by atoms with Gasteiger partial charge in [0, 0.05) is 18.8 Å². The lowest BCUT2D eigenvalue weighted by Gasteiger charge is -2.17. The molecule has 0 aromatic heterocycles. The molecule has 3 nitrogen and oxygen atoms in total. The molecule has 1 aliphatic carbocycles. The van der Waals surface area contributed by atoms with Crippen molar-refractivity contribution in [3.63, 3.8) is 0 Å². The summed E-state index contributed by atoms with van der Waals surface area (Å²) in [5, 5.41) is 0. The van der Waals surface area contributed by atoms with Gasteiger partial charge in [-0.1, -0.05) is 0 Å². The summed E-state index contributed by atoms with van der Waals surface area (Å²) in [5.74, 6) is -0.748. The van der Waals surface area contributed by atoms with Crippen molar-refractivity contribution in [2.75, 3.05) is 12.8 Å². The number of nitrogens with zero attached hydrogens (tertiary/aromatic N) is 1. The molecule has 1 aromatic rings. The molecule has 1 aromatic carbocycles. The first kappa shape index (κ1) is 10.9. The van der Waals surface area contributed by atoms with Crippen molar-refractivity contribution in [1.29, 1.82) is 0 Å². The zero-order chi connectivity index (χ0) is 11.9. The summed E-state index contributed by atoms with van der Waals surface area (Å²) >= 11 is 0. The number of halogens is 1. The fraction of sp³-hybridized carbons (Fsp3) is 0.417. The highest BCUT2D eigenvalue weighted by Crippen LogP contribution is 2.28. The Morgan fingerprint density at radius 3 is 2.69 bits per heavy atom. The molecule has 1 saturated carbocycles. The Hall–Kier alpha value is -1.58. The van der Waals surface area contributed by atoms with E-state index in [2.05, 4.69) is 0 Å². The number of amides is 1. The maximum absolute atomic E-state index is 13.8. The standard InChI is InChI=1S/C12H15FN2O/c1-7-5-8(14)6-10(11(7)13)12(16)15(2)9-3-4-9/h5-6,9H,3-4,14H2,1-2H3. The summed E-state index contributed by atoms with van der Waals surface area (Å²) in [7, 11) is 1.71. The quantitative estimate of drug-likeness (QED) is 0.777. The first-order valence-corrected chi connectivity index (χ1v) is 5.33. The second-order valence-corrected chi connectivity index (χ2v) is 4.35. The molecule has 86 valence electrons. The van der Waals surface area contributed by atoms with Crippen LogP contribution in [-0.4, -0.2) is 23.9 Å². The van der Waals surface area contributed by atoms with Gasteiger partial charge >= 0.3 is 0 Å². The van der Waals surface area contributed by atoms with Crippen LogP contribution in [0.25, 0.3) is 0 Å². The minimum Gasteiger partial charge on any atom is -0.399 e. The smallest absolute Gasteiger partial charge is 0.256 e. The summed E-state index contributed by atoms with van der Waals surface area (Å²) < 4.78 is 13.8. The maximum atomic E-state index is 13.8. The maximum Gasteiger partial charge on any atom is 0.256 e. The summed E-state index contributed by atoms with van der Waals surface area (Å²) in [6, 6.07) is 3.21. The van der Waals surface area contributed by atoms with Gasteiger partial charge in [0.2, 0.25) is 0 Å². The molecule has 0 saturated heterocycles. The minimum absolute atomic E-state index is 0.0758.